The van der Waals surface area contributed by atoms with Crippen LogP contribution in [0, 0.1) is 0 Å². The quantitative estimate of drug-likeness (QED) is 0.860. The van der Waals surface area contributed by atoms with Crippen LogP contribution in [-0.2, 0) is 4.79 Å². The number of nitrogens with one attached hydrogen (secondary N) is 2. The molecule has 0 aliphatic heterocycles. The molecule has 2 fully saturated rings. The number of rotatable bonds is 5. The van der Waals surface area contributed by atoms with Crippen molar-refractivity contribution in [2.24, 2.45) is 0 Å². The predicted octanol–water partition coefficient (Wildman–Crippen LogP) is 2.96. The molecule has 2 amide bonds. The summed E-state index contributed by atoms with van der Waals surface area (Å²) in [6.45, 7) is 1.83. The van der Waals surface area contributed by atoms with E-state index in [1.165, 1.54) is 38.5 Å². The normalized spacial score (nSPS) is 20.8. The van der Waals surface area contributed by atoms with Crippen LogP contribution in [0.5, 0.6) is 0 Å². The molecule has 1 aromatic rings. The van der Waals surface area contributed by atoms with Gasteiger partial charge in [0.15, 0.2) is 0 Å². The van der Waals surface area contributed by atoms with Gasteiger partial charge in [0.1, 0.15) is 11.7 Å². The summed E-state index contributed by atoms with van der Waals surface area (Å²) in [5, 5.41) is 10.5. The summed E-state index contributed by atoms with van der Waals surface area (Å²) in [4.78, 5) is 24.8. The Morgan fingerprint density at radius 2 is 1.56 bits per heavy atom. The van der Waals surface area contributed by atoms with Gasteiger partial charge in [0.05, 0.1) is 0 Å². The van der Waals surface area contributed by atoms with Crippen LogP contribution in [0.1, 0.15) is 87.7 Å². The van der Waals surface area contributed by atoms with Crippen molar-refractivity contribution in [2.75, 3.05) is 0 Å². The molecule has 2 aliphatic rings. The van der Waals surface area contributed by atoms with Gasteiger partial charge in [-0.1, -0.05) is 38.5 Å². The lowest BCUT2D eigenvalue weighted by molar-refractivity contribution is -0.125. The molecule has 1 aromatic heterocycles. The van der Waals surface area contributed by atoms with Crippen molar-refractivity contribution in [3.63, 3.8) is 0 Å². The van der Waals surface area contributed by atoms with Crippen LogP contribution in [0.25, 0.3) is 0 Å². The Labute approximate surface area is 149 Å². The van der Waals surface area contributed by atoms with Crippen LogP contribution in [0.3, 0.4) is 0 Å². The number of nitrogens with zero attached hydrogens (tertiary/aromatic N) is 2. The fourth-order valence-corrected chi connectivity index (χ4v) is 3.87. The SMILES string of the molecule is C[C@@H](C(=O)NC1CCCCC1)n1ccc(C(=O)NC2CCCCC2)n1. The van der Waals surface area contributed by atoms with E-state index in [2.05, 4.69) is 15.7 Å². The average Bonchev–Trinajstić information content (AvgIpc) is 3.13. The maximum absolute atomic E-state index is 12.4. The first-order chi connectivity index (χ1) is 12.1. The summed E-state index contributed by atoms with van der Waals surface area (Å²) in [5.41, 5.74) is 0.392. The van der Waals surface area contributed by atoms with Gasteiger partial charge in [-0.05, 0) is 38.7 Å². The summed E-state index contributed by atoms with van der Waals surface area (Å²) in [6, 6.07) is 1.84. The Morgan fingerprint density at radius 3 is 2.16 bits per heavy atom. The number of aromatic nitrogens is 2. The Hall–Kier alpha value is -1.85. The molecular weight excluding hydrogens is 316 g/mol. The van der Waals surface area contributed by atoms with Crippen molar-refractivity contribution in [1.82, 2.24) is 20.4 Å². The first kappa shape index (κ1) is 18.0. The van der Waals surface area contributed by atoms with E-state index >= 15 is 0 Å². The molecule has 2 aliphatic carbocycles. The molecule has 25 heavy (non-hydrogen) atoms. The monoisotopic (exact) mass is 346 g/mol. The third-order valence-corrected chi connectivity index (χ3v) is 5.51. The topological polar surface area (TPSA) is 76.0 Å². The second kappa shape index (κ2) is 8.50. The Balaban J connectivity index is 1.53. The lowest BCUT2D eigenvalue weighted by Gasteiger charge is -2.24. The first-order valence-electron chi connectivity index (χ1n) is 9.80. The lowest BCUT2D eigenvalue weighted by atomic mass is 9.95. The molecule has 0 bridgehead atoms. The van der Waals surface area contributed by atoms with Crippen molar-refractivity contribution in [3.05, 3.63) is 18.0 Å². The molecular formula is C19H30N4O2. The van der Waals surface area contributed by atoms with E-state index in [0.717, 1.165) is 25.7 Å². The maximum atomic E-state index is 12.4. The van der Waals surface area contributed by atoms with Gasteiger partial charge in [0.25, 0.3) is 5.91 Å². The summed E-state index contributed by atoms with van der Waals surface area (Å²) >= 11 is 0. The van der Waals surface area contributed by atoms with Gasteiger partial charge in [-0.2, -0.15) is 5.10 Å². The van der Waals surface area contributed by atoms with Crippen molar-refractivity contribution >= 4 is 11.8 Å². The molecule has 0 unspecified atom stereocenters. The van der Waals surface area contributed by atoms with Crippen molar-refractivity contribution in [1.29, 1.82) is 0 Å². The number of carbonyl (C=O) groups excluding carboxylic acids is 2. The molecule has 6 nitrogen and oxygen atoms in total. The number of hydrogen-bond donors (Lipinski definition) is 2. The third-order valence-electron chi connectivity index (χ3n) is 5.51. The minimum atomic E-state index is -0.404. The second-order valence-corrected chi connectivity index (χ2v) is 7.51. The van der Waals surface area contributed by atoms with Gasteiger partial charge in [-0.3, -0.25) is 14.3 Å². The van der Waals surface area contributed by atoms with Gasteiger partial charge in [0.2, 0.25) is 5.91 Å². The molecule has 1 atom stereocenters. The molecule has 0 radical (unpaired) electrons. The second-order valence-electron chi connectivity index (χ2n) is 7.51. The van der Waals surface area contributed by atoms with E-state index in [-0.39, 0.29) is 23.9 Å². The van der Waals surface area contributed by atoms with Gasteiger partial charge in [-0.25, -0.2) is 0 Å². The smallest absolute Gasteiger partial charge is 0.271 e. The zero-order valence-corrected chi connectivity index (χ0v) is 15.2. The van der Waals surface area contributed by atoms with Crippen LogP contribution >= 0.6 is 0 Å². The van der Waals surface area contributed by atoms with E-state index in [4.69, 9.17) is 0 Å². The van der Waals surface area contributed by atoms with Crippen molar-refractivity contribution in [2.45, 2.75) is 89.3 Å². The van der Waals surface area contributed by atoms with E-state index in [1.807, 2.05) is 6.92 Å². The third kappa shape index (κ3) is 4.83. The molecule has 138 valence electrons. The first-order valence-corrected chi connectivity index (χ1v) is 9.80. The maximum Gasteiger partial charge on any atom is 0.271 e. The summed E-state index contributed by atoms with van der Waals surface area (Å²) in [6.07, 6.45) is 13.2. The lowest BCUT2D eigenvalue weighted by Crippen LogP contribution is -2.40. The predicted molar refractivity (Wildman–Crippen MR) is 96.3 cm³/mol. The Kier molecular flexibility index (Phi) is 6.10. The molecule has 1 heterocycles. The number of hydrogen-bond acceptors (Lipinski definition) is 3. The highest BCUT2D eigenvalue weighted by atomic mass is 16.2. The molecule has 0 aromatic carbocycles. The van der Waals surface area contributed by atoms with Gasteiger partial charge < -0.3 is 10.6 Å². The van der Waals surface area contributed by atoms with E-state index in [9.17, 15) is 9.59 Å². The van der Waals surface area contributed by atoms with Crippen LogP contribution in [0.2, 0.25) is 0 Å². The van der Waals surface area contributed by atoms with Crippen LogP contribution in [0.4, 0.5) is 0 Å². The highest BCUT2D eigenvalue weighted by Crippen LogP contribution is 2.19. The van der Waals surface area contributed by atoms with Crippen molar-refractivity contribution in [3.8, 4) is 0 Å². The number of amides is 2. The average molecular weight is 346 g/mol. The Bertz CT molecular complexity index is 586. The zero-order chi connectivity index (χ0) is 17.6. The highest BCUT2D eigenvalue weighted by Gasteiger charge is 2.23. The number of carbonyl (C=O) groups is 2. The minimum absolute atomic E-state index is 0.0192. The Morgan fingerprint density at radius 1 is 1.00 bits per heavy atom. The summed E-state index contributed by atoms with van der Waals surface area (Å²) in [5.74, 6) is -0.153. The van der Waals surface area contributed by atoms with Gasteiger partial charge >= 0.3 is 0 Å². The van der Waals surface area contributed by atoms with E-state index < -0.39 is 6.04 Å². The largest absolute Gasteiger partial charge is 0.352 e. The molecule has 3 rings (SSSR count). The van der Waals surface area contributed by atoms with Crippen LogP contribution < -0.4 is 10.6 Å². The molecule has 2 saturated carbocycles. The standard InChI is InChI=1S/C19H30N4O2/c1-14(18(24)20-15-8-4-2-5-9-15)23-13-12-17(22-23)19(25)21-16-10-6-3-7-11-16/h12-16H,2-11H2,1H3,(H,20,24)(H,21,25)/t14-/m0/s1. The minimum Gasteiger partial charge on any atom is -0.352 e. The summed E-state index contributed by atoms with van der Waals surface area (Å²) < 4.78 is 1.59. The highest BCUT2D eigenvalue weighted by molar-refractivity contribution is 5.92. The summed E-state index contributed by atoms with van der Waals surface area (Å²) in [7, 11) is 0. The van der Waals surface area contributed by atoms with E-state index in [0.29, 0.717) is 5.69 Å². The fraction of sp³-hybridized carbons (Fsp3) is 0.737. The molecule has 0 saturated heterocycles. The molecule has 0 spiro atoms. The molecule has 2 N–H and O–H groups in total. The van der Waals surface area contributed by atoms with Crippen molar-refractivity contribution < 1.29 is 9.59 Å². The van der Waals surface area contributed by atoms with Crippen LogP contribution in [-0.4, -0.2) is 33.7 Å². The molecule has 6 heteroatoms. The fourth-order valence-electron chi connectivity index (χ4n) is 3.87. The zero-order valence-electron chi connectivity index (χ0n) is 15.2. The van der Waals surface area contributed by atoms with Crippen LogP contribution in [0.15, 0.2) is 12.3 Å². The van der Waals surface area contributed by atoms with Gasteiger partial charge in [-0.15, -0.1) is 0 Å². The van der Waals surface area contributed by atoms with Gasteiger partial charge in [0, 0.05) is 18.3 Å². The van der Waals surface area contributed by atoms with E-state index in [1.54, 1.807) is 16.9 Å².